The van der Waals surface area contributed by atoms with E-state index in [1.807, 2.05) is 42.5 Å². The predicted molar refractivity (Wildman–Crippen MR) is 97.9 cm³/mol. The standard InChI is InChI=1S/C21H24O5/c1-23-17-6-4-5-14(10-17)11-18-16(13-26-21(18)22)9-15-7-8-19(24-2)20(12-15)25-3/h4-8,10,12,16,18H,9,11,13H2,1-3H3/t16-,18+/m0/s1. The number of methoxy groups -OCH3 is 3. The number of carbonyl (C=O) groups excluding carboxylic acids is 1. The molecule has 0 radical (unpaired) electrons. The zero-order valence-corrected chi connectivity index (χ0v) is 15.4. The van der Waals surface area contributed by atoms with Gasteiger partial charge in [0, 0.05) is 5.92 Å². The lowest BCUT2D eigenvalue weighted by molar-refractivity contribution is -0.141. The highest BCUT2D eigenvalue weighted by molar-refractivity contribution is 5.75. The van der Waals surface area contributed by atoms with Crippen molar-refractivity contribution in [3.63, 3.8) is 0 Å². The summed E-state index contributed by atoms with van der Waals surface area (Å²) in [6.45, 7) is 0.446. The molecule has 0 aromatic heterocycles. The van der Waals surface area contributed by atoms with Crippen LogP contribution in [0.25, 0.3) is 0 Å². The summed E-state index contributed by atoms with van der Waals surface area (Å²) in [5, 5.41) is 0. The Hall–Kier alpha value is -2.69. The van der Waals surface area contributed by atoms with Gasteiger partial charge < -0.3 is 18.9 Å². The van der Waals surface area contributed by atoms with E-state index in [9.17, 15) is 4.79 Å². The summed E-state index contributed by atoms with van der Waals surface area (Å²) < 4.78 is 21.3. The van der Waals surface area contributed by atoms with Gasteiger partial charge >= 0.3 is 5.97 Å². The Kier molecular flexibility index (Phi) is 5.66. The zero-order chi connectivity index (χ0) is 18.5. The summed E-state index contributed by atoms with van der Waals surface area (Å²) in [6.07, 6.45) is 1.40. The lowest BCUT2D eigenvalue weighted by atomic mass is 9.85. The van der Waals surface area contributed by atoms with E-state index in [0.717, 1.165) is 23.3 Å². The van der Waals surface area contributed by atoms with Crippen LogP contribution in [0, 0.1) is 11.8 Å². The summed E-state index contributed by atoms with van der Waals surface area (Å²) in [7, 11) is 4.88. The Labute approximate surface area is 153 Å². The van der Waals surface area contributed by atoms with Crippen molar-refractivity contribution >= 4 is 5.97 Å². The quantitative estimate of drug-likeness (QED) is 0.713. The second kappa shape index (κ2) is 8.13. The zero-order valence-electron chi connectivity index (χ0n) is 15.4. The van der Waals surface area contributed by atoms with E-state index in [2.05, 4.69) is 0 Å². The molecule has 3 rings (SSSR count). The molecule has 138 valence electrons. The molecule has 5 heteroatoms. The average Bonchev–Trinajstić information content (AvgIpc) is 3.01. The SMILES string of the molecule is COc1cccc(C[C@H]2C(=O)OC[C@@H]2Cc2ccc(OC)c(OC)c2)c1. The smallest absolute Gasteiger partial charge is 0.309 e. The maximum absolute atomic E-state index is 12.3. The second-order valence-electron chi connectivity index (χ2n) is 6.45. The van der Waals surface area contributed by atoms with Gasteiger partial charge in [-0.2, -0.15) is 0 Å². The van der Waals surface area contributed by atoms with Gasteiger partial charge in [0.1, 0.15) is 5.75 Å². The Morgan fingerprint density at radius 3 is 2.42 bits per heavy atom. The molecule has 0 bridgehead atoms. The Morgan fingerprint density at radius 1 is 0.923 bits per heavy atom. The molecule has 5 nitrogen and oxygen atoms in total. The maximum atomic E-state index is 12.3. The van der Waals surface area contributed by atoms with Crippen LogP contribution in [0.1, 0.15) is 11.1 Å². The topological polar surface area (TPSA) is 54.0 Å². The Morgan fingerprint density at radius 2 is 1.69 bits per heavy atom. The minimum atomic E-state index is -0.157. The van der Waals surface area contributed by atoms with Crippen LogP contribution in [0.5, 0.6) is 17.2 Å². The van der Waals surface area contributed by atoms with E-state index in [-0.39, 0.29) is 17.8 Å². The van der Waals surface area contributed by atoms with E-state index >= 15 is 0 Å². The molecule has 1 heterocycles. The number of hydrogen-bond acceptors (Lipinski definition) is 5. The number of carbonyl (C=O) groups is 1. The van der Waals surface area contributed by atoms with E-state index in [1.165, 1.54) is 0 Å². The molecule has 0 unspecified atom stereocenters. The van der Waals surface area contributed by atoms with Gasteiger partial charge in [0.15, 0.2) is 11.5 Å². The lowest BCUT2D eigenvalue weighted by Gasteiger charge is -2.17. The number of hydrogen-bond donors (Lipinski definition) is 0. The van der Waals surface area contributed by atoms with Gasteiger partial charge in [-0.25, -0.2) is 0 Å². The van der Waals surface area contributed by atoms with Crippen LogP contribution in [0.3, 0.4) is 0 Å². The van der Waals surface area contributed by atoms with Gasteiger partial charge in [0.2, 0.25) is 0 Å². The number of esters is 1. The summed E-state index contributed by atoms with van der Waals surface area (Å²) in [5.41, 5.74) is 2.17. The van der Waals surface area contributed by atoms with Crippen molar-refractivity contribution in [2.75, 3.05) is 27.9 Å². The largest absolute Gasteiger partial charge is 0.497 e. The van der Waals surface area contributed by atoms with Crippen LogP contribution in [-0.4, -0.2) is 33.9 Å². The maximum Gasteiger partial charge on any atom is 0.309 e. The fourth-order valence-corrected chi connectivity index (χ4v) is 3.42. The molecular weight excluding hydrogens is 332 g/mol. The van der Waals surface area contributed by atoms with Crippen molar-refractivity contribution in [3.8, 4) is 17.2 Å². The fraction of sp³-hybridized carbons (Fsp3) is 0.381. The number of ether oxygens (including phenoxy) is 4. The van der Waals surface area contributed by atoms with Crippen molar-refractivity contribution in [3.05, 3.63) is 53.6 Å². The minimum absolute atomic E-state index is 0.127. The van der Waals surface area contributed by atoms with Gasteiger partial charge in [-0.3, -0.25) is 4.79 Å². The van der Waals surface area contributed by atoms with Gasteiger partial charge in [0.05, 0.1) is 33.9 Å². The molecule has 0 saturated carbocycles. The number of cyclic esters (lactones) is 1. The highest BCUT2D eigenvalue weighted by atomic mass is 16.5. The molecule has 2 aromatic carbocycles. The molecule has 0 spiro atoms. The molecule has 1 aliphatic heterocycles. The minimum Gasteiger partial charge on any atom is -0.497 e. The van der Waals surface area contributed by atoms with Crippen LogP contribution in [0.15, 0.2) is 42.5 Å². The van der Waals surface area contributed by atoms with E-state index in [0.29, 0.717) is 24.5 Å². The van der Waals surface area contributed by atoms with Gasteiger partial charge in [0.25, 0.3) is 0 Å². The molecular formula is C21H24O5. The third-order valence-corrected chi connectivity index (χ3v) is 4.85. The van der Waals surface area contributed by atoms with Crippen LogP contribution in [0.2, 0.25) is 0 Å². The average molecular weight is 356 g/mol. The highest BCUT2D eigenvalue weighted by Gasteiger charge is 2.36. The molecule has 1 fully saturated rings. The molecule has 0 aliphatic carbocycles. The molecule has 26 heavy (non-hydrogen) atoms. The first kappa shape index (κ1) is 18.1. The van der Waals surface area contributed by atoms with Crippen molar-refractivity contribution in [1.82, 2.24) is 0 Å². The van der Waals surface area contributed by atoms with Gasteiger partial charge in [-0.1, -0.05) is 18.2 Å². The number of benzene rings is 2. The lowest BCUT2D eigenvalue weighted by Crippen LogP contribution is -2.20. The monoisotopic (exact) mass is 356 g/mol. The first-order valence-electron chi connectivity index (χ1n) is 8.65. The predicted octanol–water partition coefficient (Wildman–Crippen LogP) is 3.29. The van der Waals surface area contributed by atoms with Gasteiger partial charge in [-0.05, 0) is 48.2 Å². The highest BCUT2D eigenvalue weighted by Crippen LogP contribution is 2.33. The molecule has 0 amide bonds. The first-order chi connectivity index (χ1) is 12.6. The third-order valence-electron chi connectivity index (χ3n) is 4.85. The van der Waals surface area contributed by atoms with Crippen LogP contribution in [0.4, 0.5) is 0 Å². The molecule has 1 saturated heterocycles. The number of rotatable bonds is 7. The van der Waals surface area contributed by atoms with Gasteiger partial charge in [-0.15, -0.1) is 0 Å². The molecule has 1 aliphatic rings. The summed E-state index contributed by atoms with van der Waals surface area (Å²) in [5.74, 6) is 2.04. The third kappa shape index (κ3) is 3.93. The molecule has 2 atom stereocenters. The van der Waals surface area contributed by atoms with Crippen molar-refractivity contribution in [2.45, 2.75) is 12.8 Å². The Balaban J connectivity index is 1.75. The summed E-state index contributed by atoms with van der Waals surface area (Å²) in [4.78, 5) is 12.3. The first-order valence-corrected chi connectivity index (χ1v) is 8.65. The van der Waals surface area contributed by atoms with Crippen LogP contribution >= 0.6 is 0 Å². The normalized spacial score (nSPS) is 19.1. The van der Waals surface area contributed by atoms with E-state index < -0.39 is 0 Å². The van der Waals surface area contributed by atoms with Crippen LogP contribution < -0.4 is 14.2 Å². The molecule has 2 aromatic rings. The van der Waals surface area contributed by atoms with E-state index in [4.69, 9.17) is 18.9 Å². The summed E-state index contributed by atoms with van der Waals surface area (Å²) >= 11 is 0. The van der Waals surface area contributed by atoms with Crippen LogP contribution in [-0.2, 0) is 22.4 Å². The van der Waals surface area contributed by atoms with E-state index in [1.54, 1.807) is 21.3 Å². The Bertz CT molecular complexity index is 771. The van der Waals surface area contributed by atoms with Crippen molar-refractivity contribution < 1.29 is 23.7 Å². The molecule has 0 N–H and O–H groups in total. The fourth-order valence-electron chi connectivity index (χ4n) is 3.42. The van der Waals surface area contributed by atoms with Crippen molar-refractivity contribution in [1.29, 1.82) is 0 Å². The summed E-state index contributed by atoms with van der Waals surface area (Å²) in [6, 6.07) is 13.7. The van der Waals surface area contributed by atoms with Crippen molar-refractivity contribution in [2.24, 2.45) is 11.8 Å². The second-order valence-corrected chi connectivity index (χ2v) is 6.45.